The Bertz CT molecular complexity index is 1240. The van der Waals surface area contributed by atoms with Crippen molar-refractivity contribution in [3.63, 3.8) is 0 Å². The van der Waals surface area contributed by atoms with E-state index in [-0.39, 0.29) is 5.56 Å². The summed E-state index contributed by atoms with van der Waals surface area (Å²) in [6.45, 7) is -0.398. The SMILES string of the molecule is CS(=O)(=O)c1ccc(C(=O)NCC(=O)Nc2ccc(-n3cncn3)cc2)cc1[N+](=O)[O-]. The average molecular weight is 444 g/mol. The summed E-state index contributed by atoms with van der Waals surface area (Å²) in [5.41, 5.74) is 0.357. The van der Waals surface area contributed by atoms with Crippen LogP contribution in [0.1, 0.15) is 10.4 Å². The van der Waals surface area contributed by atoms with Crippen molar-refractivity contribution in [2.75, 3.05) is 18.1 Å². The monoisotopic (exact) mass is 444 g/mol. The minimum atomic E-state index is -3.85. The summed E-state index contributed by atoms with van der Waals surface area (Å²) in [6, 6.07) is 9.69. The second-order valence-electron chi connectivity index (χ2n) is 6.33. The van der Waals surface area contributed by atoms with E-state index in [9.17, 15) is 28.1 Å². The van der Waals surface area contributed by atoms with E-state index in [0.717, 1.165) is 30.1 Å². The van der Waals surface area contributed by atoms with Gasteiger partial charge >= 0.3 is 0 Å². The molecule has 0 aliphatic rings. The number of nitrogens with zero attached hydrogens (tertiary/aromatic N) is 4. The number of hydrogen-bond donors (Lipinski definition) is 2. The number of anilines is 1. The lowest BCUT2D eigenvalue weighted by Crippen LogP contribution is -2.32. The van der Waals surface area contributed by atoms with Crippen LogP contribution in [0, 0.1) is 10.1 Å². The van der Waals surface area contributed by atoms with Gasteiger partial charge in [-0.1, -0.05) is 0 Å². The highest BCUT2D eigenvalue weighted by Crippen LogP contribution is 2.25. The number of nitrogens with one attached hydrogen (secondary N) is 2. The Balaban J connectivity index is 1.62. The van der Waals surface area contributed by atoms with Crippen molar-refractivity contribution in [1.29, 1.82) is 0 Å². The first-order chi connectivity index (χ1) is 14.6. The smallest absolute Gasteiger partial charge is 0.288 e. The summed E-state index contributed by atoms with van der Waals surface area (Å²) in [7, 11) is -3.85. The molecule has 2 amide bonds. The van der Waals surface area contributed by atoms with Crippen molar-refractivity contribution in [3.05, 3.63) is 70.8 Å². The van der Waals surface area contributed by atoms with Gasteiger partial charge in [0.15, 0.2) is 9.84 Å². The van der Waals surface area contributed by atoms with Crippen molar-refractivity contribution < 1.29 is 22.9 Å². The van der Waals surface area contributed by atoms with Crippen molar-refractivity contribution in [1.82, 2.24) is 20.1 Å². The second-order valence-corrected chi connectivity index (χ2v) is 8.31. The first-order valence-electron chi connectivity index (χ1n) is 8.67. The fraction of sp³-hybridized carbons (Fsp3) is 0.111. The van der Waals surface area contributed by atoms with Gasteiger partial charge < -0.3 is 10.6 Å². The van der Waals surface area contributed by atoms with Gasteiger partial charge in [0.1, 0.15) is 17.6 Å². The molecule has 2 aromatic carbocycles. The van der Waals surface area contributed by atoms with Crippen molar-refractivity contribution in [2.24, 2.45) is 0 Å². The molecule has 0 saturated carbocycles. The normalized spacial score (nSPS) is 11.0. The summed E-state index contributed by atoms with van der Waals surface area (Å²) in [4.78, 5) is 37.9. The van der Waals surface area contributed by atoms with E-state index in [4.69, 9.17) is 0 Å². The predicted octanol–water partition coefficient (Wildman–Crippen LogP) is 0.947. The molecule has 0 aliphatic carbocycles. The van der Waals surface area contributed by atoms with Gasteiger partial charge in [0.05, 0.1) is 17.2 Å². The molecule has 160 valence electrons. The number of sulfone groups is 1. The molecule has 0 radical (unpaired) electrons. The summed E-state index contributed by atoms with van der Waals surface area (Å²) in [5, 5.41) is 20.1. The van der Waals surface area contributed by atoms with Gasteiger partial charge in [0.2, 0.25) is 5.91 Å². The lowest BCUT2D eigenvalue weighted by atomic mass is 10.2. The van der Waals surface area contributed by atoms with Crippen LogP contribution in [0.15, 0.2) is 60.0 Å². The quantitative estimate of drug-likeness (QED) is 0.401. The van der Waals surface area contributed by atoms with Gasteiger partial charge in [-0.05, 0) is 36.4 Å². The Morgan fingerprint density at radius 3 is 2.45 bits per heavy atom. The van der Waals surface area contributed by atoms with Crippen LogP contribution < -0.4 is 10.6 Å². The first-order valence-corrected chi connectivity index (χ1v) is 10.6. The van der Waals surface area contributed by atoms with Gasteiger partial charge in [-0.3, -0.25) is 19.7 Å². The van der Waals surface area contributed by atoms with Gasteiger partial charge in [0.25, 0.3) is 11.6 Å². The molecule has 13 heteroatoms. The Morgan fingerprint density at radius 1 is 1.16 bits per heavy atom. The number of hydrogen-bond acceptors (Lipinski definition) is 8. The minimum absolute atomic E-state index is 0.149. The van der Waals surface area contributed by atoms with Crippen LogP contribution in [-0.2, 0) is 14.6 Å². The zero-order valence-electron chi connectivity index (χ0n) is 16.0. The Morgan fingerprint density at radius 2 is 1.87 bits per heavy atom. The Labute approximate surface area is 176 Å². The molecular weight excluding hydrogens is 428 g/mol. The van der Waals surface area contributed by atoms with Crippen LogP contribution in [0.25, 0.3) is 5.69 Å². The molecule has 12 nitrogen and oxygen atoms in total. The Hall–Kier alpha value is -4.13. The molecule has 31 heavy (non-hydrogen) atoms. The number of amides is 2. The molecule has 1 aromatic heterocycles. The van der Waals surface area contributed by atoms with Crippen LogP contribution in [0.2, 0.25) is 0 Å². The number of carbonyl (C=O) groups is 2. The maximum Gasteiger partial charge on any atom is 0.288 e. The highest BCUT2D eigenvalue weighted by Gasteiger charge is 2.24. The molecule has 0 bridgehead atoms. The number of nitro benzene ring substituents is 1. The predicted molar refractivity (Wildman–Crippen MR) is 109 cm³/mol. The largest absolute Gasteiger partial charge is 0.343 e. The summed E-state index contributed by atoms with van der Waals surface area (Å²) in [5.74, 6) is -1.29. The average Bonchev–Trinajstić information content (AvgIpc) is 3.26. The molecule has 0 atom stereocenters. The van der Waals surface area contributed by atoms with Crippen LogP contribution in [0.4, 0.5) is 11.4 Å². The second kappa shape index (κ2) is 8.71. The van der Waals surface area contributed by atoms with Crippen molar-refractivity contribution >= 4 is 33.0 Å². The molecule has 2 N–H and O–H groups in total. The molecule has 1 heterocycles. The maximum absolute atomic E-state index is 12.2. The molecule has 3 rings (SSSR count). The molecular formula is C18H16N6O6S. The van der Waals surface area contributed by atoms with E-state index in [0.29, 0.717) is 5.69 Å². The van der Waals surface area contributed by atoms with E-state index in [1.165, 1.54) is 12.7 Å². The van der Waals surface area contributed by atoms with Crippen molar-refractivity contribution in [2.45, 2.75) is 4.90 Å². The highest BCUT2D eigenvalue weighted by atomic mass is 32.2. The standard InChI is InChI=1S/C18H16N6O6S/c1-31(29,30)16-7-2-12(8-15(16)24(27)28)18(26)20-9-17(25)22-13-3-5-14(6-4-13)23-11-19-10-21-23/h2-8,10-11H,9H2,1H3,(H,20,26)(H,22,25). The summed E-state index contributed by atoms with van der Waals surface area (Å²) in [6.07, 6.45) is 3.75. The fourth-order valence-corrected chi connectivity index (χ4v) is 3.45. The van der Waals surface area contributed by atoms with Crippen LogP contribution >= 0.6 is 0 Å². The minimum Gasteiger partial charge on any atom is -0.343 e. The van der Waals surface area contributed by atoms with Crippen LogP contribution in [0.3, 0.4) is 0 Å². The molecule has 0 aliphatic heterocycles. The Kier molecular flexibility index (Phi) is 6.06. The number of aromatic nitrogens is 3. The molecule has 0 unspecified atom stereocenters. The van der Waals surface area contributed by atoms with Gasteiger partial charge in [-0.15, -0.1) is 0 Å². The summed E-state index contributed by atoms with van der Waals surface area (Å²) >= 11 is 0. The van der Waals surface area contributed by atoms with Gasteiger partial charge in [-0.25, -0.2) is 18.1 Å². The van der Waals surface area contributed by atoms with E-state index >= 15 is 0 Å². The summed E-state index contributed by atoms with van der Waals surface area (Å²) < 4.78 is 24.8. The molecule has 0 saturated heterocycles. The maximum atomic E-state index is 12.2. The lowest BCUT2D eigenvalue weighted by Gasteiger charge is -2.08. The topological polar surface area (TPSA) is 166 Å². The number of carbonyl (C=O) groups excluding carboxylic acids is 2. The number of benzene rings is 2. The third-order valence-corrected chi connectivity index (χ3v) is 5.21. The molecule has 0 spiro atoms. The fourth-order valence-electron chi connectivity index (χ4n) is 2.62. The zero-order chi connectivity index (χ0) is 22.6. The third-order valence-electron chi connectivity index (χ3n) is 4.06. The van der Waals surface area contributed by atoms with E-state index in [1.54, 1.807) is 28.9 Å². The first kappa shape index (κ1) is 21.6. The lowest BCUT2D eigenvalue weighted by molar-refractivity contribution is -0.387. The van der Waals surface area contributed by atoms with E-state index in [2.05, 4.69) is 20.7 Å². The van der Waals surface area contributed by atoms with E-state index < -0.39 is 43.7 Å². The number of rotatable bonds is 7. The van der Waals surface area contributed by atoms with Crippen molar-refractivity contribution in [3.8, 4) is 5.69 Å². The zero-order valence-corrected chi connectivity index (χ0v) is 16.9. The number of nitro groups is 1. The molecule has 3 aromatic rings. The van der Waals surface area contributed by atoms with Gasteiger partial charge in [-0.2, -0.15) is 5.10 Å². The highest BCUT2D eigenvalue weighted by molar-refractivity contribution is 7.90. The molecule has 0 fully saturated rings. The van der Waals surface area contributed by atoms with E-state index in [1.807, 2.05) is 0 Å². The van der Waals surface area contributed by atoms with Gasteiger partial charge in [0, 0.05) is 23.6 Å². The van der Waals surface area contributed by atoms with Crippen LogP contribution in [0.5, 0.6) is 0 Å². The third kappa shape index (κ3) is 5.27. The van der Waals surface area contributed by atoms with Crippen LogP contribution in [-0.4, -0.2) is 52.7 Å².